The van der Waals surface area contributed by atoms with Crippen LogP contribution >= 0.6 is 22.9 Å². The highest BCUT2D eigenvalue weighted by Crippen LogP contribution is 2.31. The number of nitrogens with zero attached hydrogens (tertiary/aromatic N) is 2. The fourth-order valence-electron chi connectivity index (χ4n) is 3.73. The maximum Gasteiger partial charge on any atom is 0.257 e. The minimum Gasteiger partial charge on any atom is -0.360 e. The van der Waals surface area contributed by atoms with E-state index in [1.54, 1.807) is 24.3 Å². The van der Waals surface area contributed by atoms with Crippen LogP contribution < -0.4 is 5.32 Å². The first-order valence-electron chi connectivity index (χ1n) is 9.40. The van der Waals surface area contributed by atoms with Gasteiger partial charge < -0.3 is 9.84 Å². The number of hydrogen-bond donors (Lipinski definition) is 1. The lowest BCUT2D eigenvalue weighted by atomic mass is 10.0. The predicted octanol–water partition coefficient (Wildman–Crippen LogP) is 4.93. The van der Waals surface area contributed by atoms with Crippen LogP contribution in [-0.2, 0) is 0 Å². The molecule has 3 heterocycles. The number of amides is 1. The van der Waals surface area contributed by atoms with Gasteiger partial charge in [-0.3, -0.25) is 9.69 Å². The molecule has 1 N–H and O–H groups in total. The van der Waals surface area contributed by atoms with Gasteiger partial charge in [0.2, 0.25) is 0 Å². The third-order valence-corrected chi connectivity index (χ3v) is 6.22. The van der Waals surface area contributed by atoms with E-state index in [0.717, 1.165) is 13.1 Å². The molecule has 1 aromatic carbocycles. The Bertz CT molecular complexity index is 948. The molecule has 1 aliphatic heterocycles. The smallest absolute Gasteiger partial charge is 0.257 e. The predicted molar refractivity (Wildman–Crippen MR) is 112 cm³/mol. The molecule has 0 spiro atoms. The Morgan fingerprint density at radius 1 is 1.32 bits per heavy atom. The molecular weight excluding hydrogens is 394 g/mol. The van der Waals surface area contributed by atoms with Crippen molar-refractivity contribution in [3.05, 3.63) is 63.0 Å². The first-order valence-corrected chi connectivity index (χ1v) is 10.7. The Hall–Kier alpha value is -2.15. The fourth-order valence-corrected chi connectivity index (χ4v) is 4.66. The summed E-state index contributed by atoms with van der Waals surface area (Å²) < 4.78 is 5.33. The monoisotopic (exact) mass is 415 g/mol. The molecule has 5 nitrogen and oxygen atoms in total. The average molecular weight is 416 g/mol. The van der Waals surface area contributed by atoms with Crippen LogP contribution in [0.1, 0.15) is 40.6 Å². The van der Waals surface area contributed by atoms with Crippen molar-refractivity contribution in [2.75, 3.05) is 19.6 Å². The zero-order valence-corrected chi connectivity index (χ0v) is 17.2. The number of likely N-dealkylation sites (tertiary alicyclic amines) is 1. The molecule has 1 aliphatic rings. The molecule has 1 saturated heterocycles. The highest BCUT2D eigenvalue weighted by Gasteiger charge is 2.27. The van der Waals surface area contributed by atoms with Crippen molar-refractivity contribution in [1.82, 2.24) is 15.4 Å². The zero-order valence-electron chi connectivity index (χ0n) is 15.7. The number of nitrogens with one attached hydrogen (secondary N) is 1. The summed E-state index contributed by atoms with van der Waals surface area (Å²) in [4.78, 5) is 15.5. The number of carbonyl (C=O) groups is 1. The molecule has 1 fully saturated rings. The molecule has 7 heteroatoms. The van der Waals surface area contributed by atoms with Gasteiger partial charge in [-0.2, -0.15) is 11.3 Å². The third kappa shape index (κ3) is 3.85. The summed E-state index contributed by atoms with van der Waals surface area (Å²) >= 11 is 7.99. The van der Waals surface area contributed by atoms with Crippen LogP contribution in [0, 0.1) is 6.92 Å². The summed E-state index contributed by atoms with van der Waals surface area (Å²) in [7, 11) is 0. The largest absolute Gasteiger partial charge is 0.360 e. The summed E-state index contributed by atoms with van der Waals surface area (Å²) in [6, 6.07) is 9.66. The molecule has 2 aromatic heterocycles. The minimum atomic E-state index is -0.187. The van der Waals surface area contributed by atoms with Crippen molar-refractivity contribution in [2.45, 2.75) is 25.8 Å². The van der Waals surface area contributed by atoms with Crippen molar-refractivity contribution in [3.63, 3.8) is 0 Å². The highest BCUT2D eigenvalue weighted by atomic mass is 35.5. The van der Waals surface area contributed by atoms with Crippen LogP contribution in [0.4, 0.5) is 0 Å². The van der Waals surface area contributed by atoms with Gasteiger partial charge in [-0.1, -0.05) is 35.0 Å². The average Bonchev–Trinajstić information content (AvgIpc) is 3.44. The van der Waals surface area contributed by atoms with E-state index in [1.807, 2.05) is 18.2 Å². The number of rotatable bonds is 6. The van der Waals surface area contributed by atoms with Crippen LogP contribution in [0.25, 0.3) is 11.3 Å². The molecule has 28 heavy (non-hydrogen) atoms. The first-order chi connectivity index (χ1) is 13.6. The zero-order chi connectivity index (χ0) is 19.5. The highest BCUT2D eigenvalue weighted by molar-refractivity contribution is 7.08. The van der Waals surface area contributed by atoms with Crippen molar-refractivity contribution < 1.29 is 9.32 Å². The fraction of sp³-hybridized carbons (Fsp3) is 0.333. The quantitative estimate of drug-likeness (QED) is 0.620. The van der Waals surface area contributed by atoms with Gasteiger partial charge in [-0.05, 0) is 61.3 Å². The van der Waals surface area contributed by atoms with E-state index in [-0.39, 0.29) is 11.9 Å². The van der Waals surface area contributed by atoms with Gasteiger partial charge in [-0.25, -0.2) is 0 Å². The molecule has 1 amide bonds. The van der Waals surface area contributed by atoms with Crippen LogP contribution in [0.5, 0.6) is 0 Å². The van der Waals surface area contributed by atoms with E-state index in [0.29, 0.717) is 34.1 Å². The van der Waals surface area contributed by atoms with E-state index in [9.17, 15) is 4.79 Å². The number of halogens is 1. The van der Waals surface area contributed by atoms with Gasteiger partial charge in [0.05, 0.1) is 11.1 Å². The Balaban J connectivity index is 1.55. The van der Waals surface area contributed by atoms with E-state index < -0.39 is 0 Å². The maximum atomic E-state index is 13.1. The van der Waals surface area contributed by atoms with Crippen LogP contribution in [0.2, 0.25) is 5.02 Å². The molecule has 0 unspecified atom stereocenters. The molecule has 0 saturated carbocycles. The molecule has 0 bridgehead atoms. The summed E-state index contributed by atoms with van der Waals surface area (Å²) in [5.74, 6) is 0.300. The van der Waals surface area contributed by atoms with E-state index in [4.69, 9.17) is 16.1 Å². The summed E-state index contributed by atoms with van der Waals surface area (Å²) in [6.07, 6.45) is 2.41. The van der Waals surface area contributed by atoms with Gasteiger partial charge in [0.1, 0.15) is 17.0 Å². The lowest BCUT2D eigenvalue weighted by molar-refractivity contribution is 0.0937. The minimum absolute atomic E-state index is 0.182. The van der Waals surface area contributed by atoms with Gasteiger partial charge in [0.15, 0.2) is 0 Å². The molecule has 0 aliphatic carbocycles. The maximum absolute atomic E-state index is 13.1. The lowest BCUT2D eigenvalue weighted by Gasteiger charge is -2.27. The van der Waals surface area contributed by atoms with Crippen molar-refractivity contribution in [1.29, 1.82) is 0 Å². The standard InChI is InChI=1S/C21H22ClN3O2S/c1-14-19(20(24-27-14)16-6-2-3-7-17(16)22)21(26)23-12-18(15-8-11-28-13-15)25-9-4-5-10-25/h2-3,6-8,11,13,18H,4-5,9-10,12H2,1H3,(H,23,26)/t18-/m0/s1. The van der Waals surface area contributed by atoms with Gasteiger partial charge in [0, 0.05) is 12.1 Å². The molecule has 0 radical (unpaired) electrons. The number of hydrogen-bond acceptors (Lipinski definition) is 5. The second-order valence-corrected chi connectivity index (χ2v) is 8.16. The molecule has 1 atom stereocenters. The number of aromatic nitrogens is 1. The lowest BCUT2D eigenvalue weighted by Crippen LogP contribution is -2.36. The second kappa shape index (κ2) is 8.47. The first kappa shape index (κ1) is 19.2. The molecule has 146 valence electrons. The van der Waals surface area contributed by atoms with Crippen molar-refractivity contribution in [3.8, 4) is 11.3 Å². The van der Waals surface area contributed by atoms with E-state index >= 15 is 0 Å². The number of thiophene rings is 1. The second-order valence-electron chi connectivity index (χ2n) is 6.97. The SMILES string of the molecule is Cc1onc(-c2ccccc2Cl)c1C(=O)NC[C@@H](c1ccsc1)N1CCCC1. The van der Waals surface area contributed by atoms with E-state index in [1.165, 1.54) is 18.4 Å². The molecule has 4 rings (SSSR count). The summed E-state index contributed by atoms with van der Waals surface area (Å²) in [5.41, 5.74) is 2.87. The normalized spacial score (nSPS) is 15.6. The summed E-state index contributed by atoms with van der Waals surface area (Å²) in [5, 5.41) is 12.0. The van der Waals surface area contributed by atoms with Crippen LogP contribution in [-0.4, -0.2) is 35.6 Å². The van der Waals surface area contributed by atoms with E-state index in [2.05, 4.69) is 32.2 Å². The topological polar surface area (TPSA) is 58.4 Å². The van der Waals surface area contributed by atoms with Gasteiger partial charge >= 0.3 is 0 Å². The number of benzene rings is 1. The Morgan fingerprint density at radius 2 is 2.11 bits per heavy atom. The number of aryl methyl sites for hydroxylation is 1. The third-order valence-electron chi connectivity index (χ3n) is 5.18. The number of carbonyl (C=O) groups excluding carboxylic acids is 1. The van der Waals surface area contributed by atoms with Crippen molar-refractivity contribution in [2.24, 2.45) is 0 Å². The Morgan fingerprint density at radius 3 is 2.82 bits per heavy atom. The Kier molecular flexibility index (Phi) is 5.80. The van der Waals surface area contributed by atoms with Gasteiger partial charge in [-0.15, -0.1) is 0 Å². The molecular formula is C21H22ClN3O2S. The van der Waals surface area contributed by atoms with Crippen molar-refractivity contribution >= 4 is 28.8 Å². The van der Waals surface area contributed by atoms with Crippen LogP contribution in [0.3, 0.4) is 0 Å². The Labute approximate surface area is 173 Å². The van der Waals surface area contributed by atoms with Gasteiger partial charge in [0.25, 0.3) is 5.91 Å². The molecule has 3 aromatic rings. The summed E-state index contributed by atoms with van der Waals surface area (Å²) in [6.45, 7) is 4.42. The van der Waals surface area contributed by atoms with Crippen LogP contribution in [0.15, 0.2) is 45.6 Å².